The first kappa shape index (κ1) is 24.1. The van der Waals surface area contributed by atoms with E-state index >= 15 is 0 Å². The molecule has 1 amide bonds. The lowest BCUT2D eigenvalue weighted by Crippen LogP contribution is -2.17. The van der Waals surface area contributed by atoms with Crippen LogP contribution in [0.5, 0.6) is 0 Å². The molecular formula is C28H25ClN2O4. The highest BCUT2D eigenvalue weighted by Crippen LogP contribution is 2.33. The topological polar surface area (TPSA) is 91.4 Å². The predicted molar refractivity (Wildman–Crippen MR) is 138 cm³/mol. The third kappa shape index (κ3) is 5.73. The number of aromatic amines is 1. The molecule has 1 aromatic heterocycles. The lowest BCUT2D eigenvalue weighted by Gasteiger charge is -2.16. The number of carboxylic acids is 1. The summed E-state index contributed by atoms with van der Waals surface area (Å²) >= 11 is 6.22. The lowest BCUT2D eigenvalue weighted by atomic mass is 10.0. The monoisotopic (exact) mass is 488 g/mol. The molecule has 4 rings (SSSR count). The van der Waals surface area contributed by atoms with E-state index in [-0.39, 0.29) is 6.42 Å². The maximum atomic E-state index is 12.6. The molecule has 0 radical (unpaired) electrons. The smallest absolute Gasteiger partial charge is 0.412 e. The van der Waals surface area contributed by atoms with Crippen molar-refractivity contribution in [1.82, 2.24) is 4.98 Å². The minimum atomic E-state index is -0.852. The summed E-state index contributed by atoms with van der Waals surface area (Å²) in [5.41, 5.74) is 6.68. The van der Waals surface area contributed by atoms with Crippen LogP contribution in [0.25, 0.3) is 22.4 Å². The molecule has 35 heavy (non-hydrogen) atoms. The van der Waals surface area contributed by atoms with Crippen molar-refractivity contribution in [3.05, 3.63) is 101 Å². The van der Waals surface area contributed by atoms with Gasteiger partial charge >= 0.3 is 12.1 Å². The molecule has 0 aliphatic rings. The van der Waals surface area contributed by atoms with E-state index in [1.165, 1.54) is 0 Å². The third-order valence-corrected chi connectivity index (χ3v) is 6.09. The fourth-order valence-electron chi connectivity index (χ4n) is 3.89. The minimum Gasteiger partial charge on any atom is -0.481 e. The van der Waals surface area contributed by atoms with Gasteiger partial charge in [0.05, 0.1) is 17.8 Å². The van der Waals surface area contributed by atoms with Gasteiger partial charge in [-0.2, -0.15) is 0 Å². The van der Waals surface area contributed by atoms with E-state index in [1.807, 2.05) is 79.9 Å². The number of aromatic nitrogens is 1. The Morgan fingerprint density at radius 1 is 0.971 bits per heavy atom. The van der Waals surface area contributed by atoms with Gasteiger partial charge in [-0.25, -0.2) is 4.79 Å². The van der Waals surface area contributed by atoms with Crippen molar-refractivity contribution in [2.75, 3.05) is 5.32 Å². The van der Waals surface area contributed by atoms with Crippen molar-refractivity contribution < 1.29 is 19.4 Å². The van der Waals surface area contributed by atoms with Gasteiger partial charge in [-0.3, -0.25) is 10.1 Å². The van der Waals surface area contributed by atoms with Crippen LogP contribution in [0.1, 0.15) is 29.7 Å². The number of nitrogens with one attached hydrogen (secondary N) is 2. The molecule has 6 nitrogen and oxygen atoms in total. The van der Waals surface area contributed by atoms with Gasteiger partial charge in [-0.05, 0) is 42.2 Å². The Kier molecular flexibility index (Phi) is 7.22. The Balaban J connectivity index is 1.48. The molecule has 0 spiro atoms. The van der Waals surface area contributed by atoms with E-state index in [2.05, 4.69) is 10.3 Å². The molecule has 0 fully saturated rings. The average molecular weight is 489 g/mol. The van der Waals surface area contributed by atoms with Crippen LogP contribution >= 0.6 is 11.6 Å². The quantitative estimate of drug-likeness (QED) is 0.255. The summed E-state index contributed by atoms with van der Waals surface area (Å²) in [7, 11) is 0. The molecule has 0 aliphatic heterocycles. The first-order valence-corrected chi connectivity index (χ1v) is 11.5. The van der Waals surface area contributed by atoms with E-state index in [0.717, 1.165) is 39.1 Å². The van der Waals surface area contributed by atoms with Crippen molar-refractivity contribution in [3.63, 3.8) is 0 Å². The number of hydrogen-bond donors (Lipinski definition) is 3. The molecule has 1 atom stereocenters. The minimum absolute atomic E-state index is 0.000764. The number of carbonyl (C=O) groups is 2. The number of carbonyl (C=O) groups excluding carboxylic acids is 1. The number of anilines is 1. The zero-order valence-corrected chi connectivity index (χ0v) is 20.1. The van der Waals surface area contributed by atoms with Crippen LogP contribution in [0.4, 0.5) is 10.5 Å². The predicted octanol–water partition coefficient (Wildman–Crippen LogP) is 7.25. The number of benzene rings is 3. The van der Waals surface area contributed by atoms with Crippen LogP contribution in [0.15, 0.2) is 79.0 Å². The molecule has 0 bridgehead atoms. The molecule has 0 aliphatic carbocycles. The molecular weight excluding hydrogens is 464 g/mol. The summed E-state index contributed by atoms with van der Waals surface area (Å²) in [6.45, 7) is 3.68. The van der Waals surface area contributed by atoms with Gasteiger partial charge in [0, 0.05) is 22.3 Å². The summed E-state index contributed by atoms with van der Waals surface area (Å²) in [5, 5.41) is 12.3. The fraction of sp³-hybridized carbons (Fsp3) is 0.143. The molecule has 7 heteroatoms. The Hall–Kier alpha value is -4.03. The van der Waals surface area contributed by atoms with Gasteiger partial charge in [0.2, 0.25) is 0 Å². The van der Waals surface area contributed by atoms with Gasteiger partial charge in [-0.15, -0.1) is 0 Å². The number of halogens is 1. The van der Waals surface area contributed by atoms with Crippen molar-refractivity contribution in [2.45, 2.75) is 26.4 Å². The molecule has 178 valence electrons. The maximum Gasteiger partial charge on any atom is 0.412 e. The van der Waals surface area contributed by atoms with Crippen LogP contribution in [-0.4, -0.2) is 22.2 Å². The van der Waals surface area contributed by atoms with Crippen LogP contribution < -0.4 is 5.32 Å². The number of carboxylic acid groups (broad SMARTS) is 1. The van der Waals surface area contributed by atoms with Gasteiger partial charge < -0.3 is 14.8 Å². The zero-order valence-electron chi connectivity index (χ0n) is 19.3. The number of aryl methyl sites for hydroxylation is 1. The summed E-state index contributed by atoms with van der Waals surface area (Å²) in [6, 6.07) is 22.6. The molecule has 3 aromatic carbocycles. The van der Waals surface area contributed by atoms with E-state index in [4.69, 9.17) is 21.4 Å². The second kappa shape index (κ2) is 10.5. The van der Waals surface area contributed by atoms with Gasteiger partial charge in [0.1, 0.15) is 6.10 Å². The second-order valence-corrected chi connectivity index (χ2v) is 8.67. The maximum absolute atomic E-state index is 12.6. The Morgan fingerprint density at radius 3 is 2.20 bits per heavy atom. The molecule has 3 N–H and O–H groups in total. The Labute approximate surface area is 208 Å². The average Bonchev–Trinajstić information content (AvgIpc) is 3.19. The molecule has 0 saturated heterocycles. The van der Waals surface area contributed by atoms with Gasteiger partial charge in [-0.1, -0.05) is 78.3 Å². The highest BCUT2D eigenvalue weighted by atomic mass is 35.5. The van der Waals surface area contributed by atoms with Crippen LogP contribution in [0.3, 0.4) is 0 Å². The Morgan fingerprint density at radius 2 is 1.57 bits per heavy atom. The summed E-state index contributed by atoms with van der Waals surface area (Å²) < 4.78 is 5.56. The molecule has 1 unspecified atom stereocenters. The van der Waals surface area contributed by atoms with Gasteiger partial charge in [0.25, 0.3) is 0 Å². The van der Waals surface area contributed by atoms with Crippen molar-refractivity contribution in [3.8, 4) is 22.4 Å². The van der Waals surface area contributed by atoms with E-state index in [0.29, 0.717) is 10.7 Å². The number of rotatable bonds is 7. The standard InChI is InChI=1S/C28H25ClN2O4/c1-17-16-30-27(26(17)31-28(34)35-18(2)23-5-3-4-6-24(23)29)22-13-11-21(12-14-22)20-9-7-19(8-10-20)15-25(32)33/h3-14,16,18,30H,15H2,1-2H3,(H,31,34)(H,32,33). The number of ether oxygens (including phenoxy) is 1. The lowest BCUT2D eigenvalue weighted by molar-refractivity contribution is -0.136. The Bertz CT molecular complexity index is 1340. The number of hydrogen-bond acceptors (Lipinski definition) is 3. The highest BCUT2D eigenvalue weighted by Gasteiger charge is 2.18. The third-order valence-electron chi connectivity index (χ3n) is 5.75. The van der Waals surface area contributed by atoms with Gasteiger partial charge in [0.15, 0.2) is 0 Å². The molecule has 0 saturated carbocycles. The fourth-order valence-corrected chi connectivity index (χ4v) is 4.18. The molecule has 1 heterocycles. The zero-order chi connectivity index (χ0) is 24.9. The van der Waals surface area contributed by atoms with Crippen LogP contribution in [0.2, 0.25) is 5.02 Å². The van der Waals surface area contributed by atoms with Crippen LogP contribution in [-0.2, 0) is 16.0 Å². The van der Waals surface area contributed by atoms with Crippen molar-refractivity contribution in [1.29, 1.82) is 0 Å². The largest absolute Gasteiger partial charge is 0.481 e. The van der Waals surface area contributed by atoms with E-state index in [9.17, 15) is 9.59 Å². The second-order valence-electron chi connectivity index (χ2n) is 8.26. The number of aliphatic carboxylic acids is 1. The summed E-state index contributed by atoms with van der Waals surface area (Å²) in [4.78, 5) is 26.8. The number of H-pyrrole nitrogens is 1. The van der Waals surface area contributed by atoms with Crippen LogP contribution in [0, 0.1) is 6.92 Å². The summed E-state index contributed by atoms with van der Waals surface area (Å²) in [5.74, 6) is -0.852. The first-order chi connectivity index (χ1) is 16.8. The summed E-state index contributed by atoms with van der Waals surface area (Å²) in [6.07, 6.45) is 0.755. The first-order valence-electron chi connectivity index (χ1n) is 11.1. The number of amides is 1. The highest BCUT2D eigenvalue weighted by molar-refractivity contribution is 6.31. The van der Waals surface area contributed by atoms with E-state index in [1.54, 1.807) is 13.0 Å². The molecule has 4 aromatic rings. The normalized spacial score (nSPS) is 11.6. The van der Waals surface area contributed by atoms with E-state index < -0.39 is 18.2 Å². The SMILES string of the molecule is Cc1c[nH]c(-c2ccc(-c3ccc(CC(=O)O)cc3)cc2)c1NC(=O)OC(C)c1ccccc1Cl. The van der Waals surface area contributed by atoms with Crippen molar-refractivity contribution in [2.24, 2.45) is 0 Å². The van der Waals surface area contributed by atoms with Crippen molar-refractivity contribution >= 4 is 29.4 Å².